The predicted molar refractivity (Wildman–Crippen MR) is 118 cm³/mol. The van der Waals surface area contributed by atoms with Gasteiger partial charge in [-0.3, -0.25) is 9.78 Å². The van der Waals surface area contributed by atoms with E-state index in [9.17, 15) is 4.79 Å². The molecule has 1 amide bonds. The average molecular weight is 413 g/mol. The smallest absolute Gasteiger partial charge is 0.254 e. The number of hydrogen-bond donors (Lipinski definition) is 0. The number of amides is 1. The van der Waals surface area contributed by atoms with E-state index in [0.717, 1.165) is 12.0 Å². The number of carbonyl (C=O) groups excluding carboxylic acids is 1. The van der Waals surface area contributed by atoms with Gasteiger partial charge in [0, 0.05) is 23.2 Å². The van der Waals surface area contributed by atoms with Gasteiger partial charge in [-0.15, -0.1) is 11.3 Å². The molecule has 0 radical (unpaired) electrons. The van der Waals surface area contributed by atoms with Crippen LogP contribution in [0.15, 0.2) is 90.6 Å². The first kappa shape index (κ1) is 18.6. The van der Waals surface area contributed by atoms with Crippen LogP contribution in [0.1, 0.15) is 32.4 Å². The van der Waals surface area contributed by atoms with Crippen LogP contribution < -0.4 is 4.74 Å². The van der Waals surface area contributed by atoms with Crippen molar-refractivity contribution >= 4 is 17.2 Å². The second kappa shape index (κ2) is 8.13. The van der Waals surface area contributed by atoms with Gasteiger partial charge in [-0.1, -0.05) is 30.3 Å². The van der Waals surface area contributed by atoms with Crippen molar-refractivity contribution < 1.29 is 9.53 Å². The highest BCUT2D eigenvalue weighted by Crippen LogP contribution is 2.38. The molecule has 1 aliphatic rings. The van der Waals surface area contributed by atoms with Gasteiger partial charge in [0.05, 0.1) is 12.2 Å². The number of carbonyl (C=O) groups is 1. The molecule has 4 aromatic rings. The maximum absolute atomic E-state index is 13.5. The Morgan fingerprint density at radius 2 is 1.80 bits per heavy atom. The van der Waals surface area contributed by atoms with Crippen molar-refractivity contribution in [2.75, 3.05) is 6.54 Å². The first-order valence-electron chi connectivity index (χ1n) is 9.90. The number of hydrogen-bond acceptors (Lipinski definition) is 4. The van der Waals surface area contributed by atoms with Crippen molar-refractivity contribution in [2.24, 2.45) is 0 Å². The molecule has 30 heavy (non-hydrogen) atoms. The lowest BCUT2D eigenvalue weighted by Gasteiger charge is -2.36. The van der Waals surface area contributed by atoms with Gasteiger partial charge in [0.25, 0.3) is 5.91 Å². The minimum absolute atomic E-state index is 0.0358. The molecule has 1 unspecified atom stereocenters. The van der Waals surface area contributed by atoms with E-state index in [4.69, 9.17) is 4.74 Å². The van der Waals surface area contributed by atoms with Crippen molar-refractivity contribution in [1.82, 2.24) is 9.88 Å². The summed E-state index contributed by atoms with van der Waals surface area (Å²) in [6.07, 6.45) is 4.26. The van der Waals surface area contributed by atoms with Gasteiger partial charge in [0.1, 0.15) is 11.5 Å². The van der Waals surface area contributed by atoms with Gasteiger partial charge in [-0.25, -0.2) is 0 Å². The molecule has 5 heteroatoms. The van der Waals surface area contributed by atoms with Crippen LogP contribution in [0.25, 0.3) is 0 Å². The molecule has 4 nitrogen and oxygen atoms in total. The summed E-state index contributed by atoms with van der Waals surface area (Å²) in [7, 11) is 0. The molecule has 5 rings (SSSR count). The van der Waals surface area contributed by atoms with E-state index in [1.54, 1.807) is 23.7 Å². The summed E-state index contributed by atoms with van der Waals surface area (Å²) >= 11 is 1.78. The van der Waals surface area contributed by atoms with Crippen LogP contribution in [0.5, 0.6) is 11.5 Å². The topological polar surface area (TPSA) is 42.4 Å². The lowest BCUT2D eigenvalue weighted by molar-refractivity contribution is 0.0696. The van der Waals surface area contributed by atoms with Crippen LogP contribution in [0, 0.1) is 0 Å². The second-order valence-corrected chi connectivity index (χ2v) is 8.18. The van der Waals surface area contributed by atoms with Crippen LogP contribution in [0.2, 0.25) is 0 Å². The third-order valence-corrected chi connectivity index (χ3v) is 6.31. The molecule has 3 heterocycles. The van der Waals surface area contributed by atoms with Gasteiger partial charge in [-0.2, -0.15) is 0 Å². The van der Waals surface area contributed by atoms with Crippen LogP contribution in [0.3, 0.4) is 0 Å². The number of fused-ring (bicyclic) bond motifs is 1. The Morgan fingerprint density at radius 3 is 2.57 bits per heavy atom. The zero-order valence-corrected chi connectivity index (χ0v) is 17.1. The fraction of sp³-hybridized carbons (Fsp3) is 0.120. The highest BCUT2D eigenvalue weighted by atomic mass is 32.1. The lowest BCUT2D eigenvalue weighted by Crippen LogP contribution is -2.40. The second-order valence-electron chi connectivity index (χ2n) is 7.18. The Labute approximate surface area is 179 Å². The van der Waals surface area contributed by atoms with Crippen molar-refractivity contribution in [3.8, 4) is 11.5 Å². The Balaban J connectivity index is 1.42. The average Bonchev–Trinajstić information content (AvgIpc) is 3.29. The summed E-state index contributed by atoms with van der Waals surface area (Å²) < 4.78 is 5.80. The van der Waals surface area contributed by atoms with E-state index < -0.39 is 0 Å². The highest BCUT2D eigenvalue weighted by molar-refractivity contribution is 7.10. The Kier molecular flexibility index (Phi) is 5.03. The maximum Gasteiger partial charge on any atom is 0.254 e. The molecular weight excluding hydrogens is 392 g/mol. The molecule has 148 valence electrons. The molecule has 0 saturated heterocycles. The molecule has 0 N–H and O–H groups in total. The first-order chi connectivity index (χ1) is 14.8. The van der Waals surface area contributed by atoms with Crippen molar-refractivity contribution in [2.45, 2.75) is 12.5 Å². The fourth-order valence-electron chi connectivity index (χ4n) is 3.90. The number of nitrogens with zero attached hydrogens (tertiary/aromatic N) is 2. The van der Waals surface area contributed by atoms with Crippen LogP contribution in [-0.4, -0.2) is 22.3 Å². The molecule has 2 aromatic heterocycles. The lowest BCUT2D eigenvalue weighted by atomic mass is 9.92. The monoisotopic (exact) mass is 412 g/mol. The number of rotatable bonds is 4. The molecule has 0 fully saturated rings. The van der Waals surface area contributed by atoms with Gasteiger partial charge in [0.15, 0.2) is 0 Å². The van der Waals surface area contributed by atoms with Crippen LogP contribution in [0.4, 0.5) is 0 Å². The highest BCUT2D eigenvalue weighted by Gasteiger charge is 2.33. The third kappa shape index (κ3) is 3.60. The number of benzene rings is 2. The standard InChI is InChI=1S/C25H20N2O2S/c28-25(19-8-10-20(11-9-19)29-21-7-4-14-26-17-21)27-15-12-23-22(13-16-30-23)24(27)18-5-2-1-3-6-18/h1-11,13-14,16-17,24H,12,15H2. The quantitative estimate of drug-likeness (QED) is 0.430. The molecular formula is C25H20N2O2S. The van der Waals surface area contributed by atoms with Crippen molar-refractivity contribution in [1.29, 1.82) is 0 Å². The molecule has 0 spiro atoms. The third-order valence-electron chi connectivity index (χ3n) is 5.31. The van der Waals surface area contributed by atoms with E-state index >= 15 is 0 Å². The van der Waals surface area contributed by atoms with Gasteiger partial charge in [-0.05, 0) is 65.4 Å². The zero-order chi connectivity index (χ0) is 20.3. The van der Waals surface area contributed by atoms with Crippen LogP contribution in [-0.2, 0) is 6.42 Å². The summed E-state index contributed by atoms with van der Waals surface area (Å²) in [5.74, 6) is 1.38. The first-order valence-corrected chi connectivity index (χ1v) is 10.8. The summed E-state index contributed by atoms with van der Waals surface area (Å²) in [6, 6.07) is 23.4. The summed E-state index contributed by atoms with van der Waals surface area (Å²) in [6.45, 7) is 0.708. The van der Waals surface area contributed by atoms with Crippen molar-refractivity contribution in [3.05, 3.63) is 112 Å². The normalized spacial score (nSPS) is 15.5. The summed E-state index contributed by atoms with van der Waals surface area (Å²) in [5.41, 5.74) is 3.04. The minimum atomic E-state index is -0.0555. The fourth-order valence-corrected chi connectivity index (χ4v) is 4.81. The predicted octanol–water partition coefficient (Wildman–Crippen LogP) is 5.72. The number of thiophene rings is 1. The molecule has 0 aliphatic carbocycles. The Hall–Kier alpha value is -3.44. The van der Waals surface area contributed by atoms with E-state index in [2.05, 4.69) is 28.6 Å². The molecule has 2 aromatic carbocycles. The van der Waals surface area contributed by atoms with Crippen LogP contribution >= 0.6 is 11.3 Å². The summed E-state index contributed by atoms with van der Waals surface area (Å²) in [5, 5.41) is 2.12. The number of aromatic nitrogens is 1. The molecule has 0 saturated carbocycles. The van der Waals surface area contributed by atoms with E-state index in [1.165, 1.54) is 10.4 Å². The van der Waals surface area contributed by atoms with Gasteiger partial charge < -0.3 is 9.64 Å². The largest absolute Gasteiger partial charge is 0.456 e. The molecule has 1 aliphatic heterocycles. The van der Waals surface area contributed by atoms with E-state index in [1.807, 2.05) is 59.5 Å². The van der Waals surface area contributed by atoms with E-state index in [-0.39, 0.29) is 11.9 Å². The zero-order valence-electron chi connectivity index (χ0n) is 16.3. The Bertz CT molecular complexity index is 1140. The van der Waals surface area contributed by atoms with Gasteiger partial charge in [0.2, 0.25) is 0 Å². The van der Waals surface area contributed by atoms with Crippen molar-refractivity contribution in [3.63, 3.8) is 0 Å². The number of pyridine rings is 1. The SMILES string of the molecule is O=C(c1ccc(Oc2cccnc2)cc1)N1CCc2sccc2C1c1ccccc1. The minimum Gasteiger partial charge on any atom is -0.456 e. The molecule has 1 atom stereocenters. The Morgan fingerprint density at radius 1 is 0.967 bits per heavy atom. The van der Waals surface area contributed by atoms with E-state index in [0.29, 0.717) is 23.6 Å². The number of ether oxygens (including phenoxy) is 1. The molecule has 0 bridgehead atoms. The maximum atomic E-state index is 13.5. The summed E-state index contributed by atoms with van der Waals surface area (Å²) in [4.78, 5) is 20.9. The van der Waals surface area contributed by atoms with Gasteiger partial charge >= 0.3 is 0 Å².